The molecule has 4 aromatic heterocycles. The van der Waals surface area contributed by atoms with Crippen LogP contribution in [0.2, 0.25) is 0 Å². The lowest BCUT2D eigenvalue weighted by Crippen LogP contribution is -2.48. The minimum Gasteiger partial charge on any atom is -0.478 e. The van der Waals surface area contributed by atoms with E-state index in [-0.39, 0.29) is 28.8 Å². The van der Waals surface area contributed by atoms with Crippen molar-refractivity contribution in [3.63, 3.8) is 0 Å². The molecule has 6 rings (SSSR count). The monoisotopic (exact) mass is 580 g/mol. The van der Waals surface area contributed by atoms with Crippen LogP contribution in [0.3, 0.4) is 0 Å². The molecule has 42 heavy (non-hydrogen) atoms. The van der Waals surface area contributed by atoms with Gasteiger partial charge in [-0.3, -0.25) is 19.0 Å². The second-order valence-corrected chi connectivity index (χ2v) is 9.52. The van der Waals surface area contributed by atoms with Crippen LogP contribution in [0.5, 0.6) is 0 Å². The van der Waals surface area contributed by atoms with E-state index in [4.69, 9.17) is 14.9 Å². The lowest BCUT2D eigenvalue weighted by Gasteiger charge is -2.25. The number of carbonyl (C=O) groups excluding carboxylic acids is 2. The van der Waals surface area contributed by atoms with Crippen molar-refractivity contribution in [2.24, 2.45) is 14.1 Å². The van der Waals surface area contributed by atoms with Gasteiger partial charge in [0.25, 0.3) is 5.91 Å². The second-order valence-electron chi connectivity index (χ2n) is 9.52. The molecule has 4 N–H and O–H groups in total. The number of aromatic carboxylic acids is 2. The van der Waals surface area contributed by atoms with Gasteiger partial charge in [0, 0.05) is 27.2 Å². The third kappa shape index (κ3) is 5.68. The molecule has 17 nitrogen and oxygen atoms in total. The van der Waals surface area contributed by atoms with E-state index in [1.54, 1.807) is 29.9 Å². The van der Waals surface area contributed by atoms with Crippen LogP contribution in [0.4, 0.5) is 11.6 Å². The first-order valence-electron chi connectivity index (χ1n) is 12.9. The summed E-state index contributed by atoms with van der Waals surface area (Å²) in [5, 5.41) is 35.1. The van der Waals surface area contributed by atoms with Crippen molar-refractivity contribution in [1.29, 1.82) is 0 Å². The maximum atomic E-state index is 12.9. The lowest BCUT2D eigenvalue weighted by atomic mass is 9.97. The van der Waals surface area contributed by atoms with Gasteiger partial charge in [-0.05, 0) is 25.1 Å². The number of fused-ring (bicyclic) bond motifs is 1. The van der Waals surface area contributed by atoms with Crippen LogP contribution in [-0.4, -0.2) is 107 Å². The zero-order valence-electron chi connectivity index (χ0n) is 22.7. The second kappa shape index (κ2) is 11.8. The van der Waals surface area contributed by atoms with Gasteiger partial charge in [0.15, 0.2) is 17.1 Å². The zero-order valence-corrected chi connectivity index (χ0v) is 22.7. The number of aryl methyl sites for hydroxylation is 2. The van der Waals surface area contributed by atoms with Gasteiger partial charge in [0.1, 0.15) is 11.3 Å². The molecular weight excluding hydrogens is 552 g/mol. The van der Waals surface area contributed by atoms with E-state index < -0.39 is 17.8 Å². The summed E-state index contributed by atoms with van der Waals surface area (Å²) in [5.41, 5.74) is 1.17. The van der Waals surface area contributed by atoms with E-state index in [1.165, 1.54) is 17.9 Å². The molecule has 0 radical (unpaired) electrons. The summed E-state index contributed by atoms with van der Waals surface area (Å²) in [5.74, 6) is -2.46. The zero-order chi connectivity index (χ0) is 30.0. The number of amides is 1. The SMILES string of the molecule is Cn1ncc(C(=O)C2CCN2)c1C(=O)Nc1ccc2nc(N3CCOCC3)nn2c1.Cn1ncc(C(=O)O)c1C(=O)O. The number of ketones is 1. The molecule has 1 atom stereocenters. The predicted molar refractivity (Wildman–Crippen MR) is 145 cm³/mol. The predicted octanol–water partition coefficient (Wildman–Crippen LogP) is -0.0872. The number of anilines is 2. The van der Waals surface area contributed by atoms with Crippen molar-refractivity contribution in [3.05, 3.63) is 53.2 Å². The van der Waals surface area contributed by atoms with Gasteiger partial charge in [0.05, 0.1) is 49.1 Å². The van der Waals surface area contributed by atoms with Crippen molar-refractivity contribution >= 4 is 40.9 Å². The van der Waals surface area contributed by atoms with Crippen molar-refractivity contribution in [1.82, 2.24) is 39.5 Å². The minimum absolute atomic E-state index is 0.110. The molecule has 220 valence electrons. The fraction of sp³-hybridized carbons (Fsp3) is 0.360. The number of hydrogen-bond donors (Lipinski definition) is 4. The summed E-state index contributed by atoms with van der Waals surface area (Å²) >= 11 is 0. The Morgan fingerprint density at radius 2 is 1.64 bits per heavy atom. The Kier molecular flexibility index (Phi) is 7.94. The number of morpholine rings is 1. The van der Waals surface area contributed by atoms with E-state index in [0.717, 1.165) is 36.9 Å². The molecule has 17 heteroatoms. The standard InChI is InChI=1S/C19H22N8O3.C6H6N2O4/c1-25-16(13(10-21-25)17(28)14-4-5-20-14)18(29)22-12-2-3-15-23-19(24-27(15)11-12)26-6-8-30-9-7-26;1-8-4(6(11)12)3(2-7-8)5(9)10/h2-3,10-11,14,20H,4-9H2,1H3,(H,22,29);2H,1H3,(H,9,10)(H,11,12). The first-order valence-corrected chi connectivity index (χ1v) is 12.9. The third-order valence-corrected chi connectivity index (χ3v) is 6.80. The van der Waals surface area contributed by atoms with Gasteiger partial charge >= 0.3 is 11.9 Å². The number of nitrogens with one attached hydrogen (secondary N) is 2. The lowest BCUT2D eigenvalue weighted by molar-refractivity contribution is 0.0644. The number of ether oxygens (including phenoxy) is 1. The summed E-state index contributed by atoms with van der Waals surface area (Å²) in [6.07, 6.45) is 4.93. The van der Waals surface area contributed by atoms with E-state index in [0.29, 0.717) is 36.1 Å². The van der Waals surface area contributed by atoms with Crippen LogP contribution in [-0.2, 0) is 18.8 Å². The molecule has 2 fully saturated rings. The average Bonchev–Trinajstić information content (AvgIpc) is 3.64. The number of nitrogens with zero attached hydrogens (tertiary/aromatic N) is 8. The largest absolute Gasteiger partial charge is 0.478 e. The van der Waals surface area contributed by atoms with Crippen molar-refractivity contribution in [2.75, 3.05) is 43.1 Å². The van der Waals surface area contributed by atoms with Crippen molar-refractivity contribution in [2.45, 2.75) is 12.5 Å². The van der Waals surface area contributed by atoms with E-state index >= 15 is 0 Å². The molecule has 4 aromatic rings. The van der Waals surface area contributed by atoms with Crippen LogP contribution >= 0.6 is 0 Å². The highest BCUT2D eigenvalue weighted by Gasteiger charge is 2.31. The number of hydrogen-bond acceptors (Lipinski definition) is 11. The fourth-order valence-corrected chi connectivity index (χ4v) is 4.47. The van der Waals surface area contributed by atoms with Crippen molar-refractivity contribution in [3.8, 4) is 0 Å². The third-order valence-electron chi connectivity index (χ3n) is 6.80. The van der Waals surface area contributed by atoms with Gasteiger partial charge in [-0.25, -0.2) is 14.1 Å². The van der Waals surface area contributed by atoms with Gasteiger partial charge in [0.2, 0.25) is 5.95 Å². The molecule has 6 heterocycles. The van der Waals surface area contributed by atoms with Crippen molar-refractivity contribution < 1.29 is 34.1 Å². The van der Waals surface area contributed by atoms with Gasteiger partial charge < -0.3 is 30.5 Å². The number of Topliss-reactive ketones (excluding diaryl/α,β-unsaturated/α-hetero) is 1. The number of carbonyl (C=O) groups is 4. The molecule has 0 bridgehead atoms. The van der Waals surface area contributed by atoms with E-state index in [9.17, 15) is 19.2 Å². The normalized spacial score (nSPS) is 16.3. The Balaban J connectivity index is 0.000000248. The van der Waals surface area contributed by atoms with Crippen LogP contribution < -0.4 is 15.5 Å². The van der Waals surface area contributed by atoms with E-state index in [1.807, 2.05) is 0 Å². The summed E-state index contributed by atoms with van der Waals surface area (Å²) in [4.78, 5) is 53.1. The molecule has 0 spiro atoms. The smallest absolute Gasteiger partial charge is 0.355 e. The van der Waals surface area contributed by atoms with Crippen LogP contribution in [0.25, 0.3) is 5.65 Å². The van der Waals surface area contributed by atoms with Crippen LogP contribution in [0, 0.1) is 0 Å². The highest BCUT2D eigenvalue weighted by molar-refractivity contribution is 6.13. The van der Waals surface area contributed by atoms with E-state index in [2.05, 4.69) is 35.8 Å². The molecule has 0 aliphatic carbocycles. The number of rotatable bonds is 7. The summed E-state index contributed by atoms with van der Waals surface area (Å²) in [6.45, 7) is 3.60. The molecular formula is C25H28N10O7. The number of aromatic nitrogens is 7. The Morgan fingerprint density at radius 1 is 0.976 bits per heavy atom. The fourth-order valence-electron chi connectivity index (χ4n) is 4.47. The molecule has 1 unspecified atom stereocenters. The Labute approximate surface area is 237 Å². The molecule has 2 aliphatic rings. The first kappa shape index (κ1) is 28.4. The molecule has 2 saturated heterocycles. The van der Waals surface area contributed by atoms with Gasteiger partial charge in [-0.1, -0.05) is 0 Å². The van der Waals surface area contributed by atoms with Crippen LogP contribution in [0.15, 0.2) is 30.7 Å². The van der Waals surface area contributed by atoms with Gasteiger partial charge in [-0.15, -0.1) is 5.10 Å². The molecule has 1 amide bonds. The summed E-state index contributed by atoms with van der Waals surface area (Å²) in [7, 11) is 3.02. The topological polar surface area (TPSA) is 211 Å². The quantitative estimate of drug-likeness (QED) is 0.211. The summed E-state index contributed by atoms with van der Waals surface area (Å²) < 4.78 is 9.43. The Morgan fingerprint density at radius 3 is 2.24 bits per heavy atom. The van der Waals surface area contributed by atoms with Crippen LogP contribution in [0.1, 0.15) is 48.1 Å². The highest BCUT2D eigenvalue weighted by atomic mass is 16.5. The molecule has 0 saturated carbocycles. The Hall–Kier alpha value is -5.16. The maximum absolute atomic E-state index is 12.9. The number of carboxylic acid groups (broad SMARTS) is 2. The minimum atomic E-state index is -1.30. The van der Waals surface area contributed by atoms with Gasteiger partial charge in [-0.2, -0.15) is 15.2 Å². The molecule has 0 aromatic carbocycles. The number of pyridine rings is 1. The summed E-state index contributed by atoms with van der Waals surface area (Å²) in [6, 6.07) is 3.31. The first-order chi connectivity index (χ1) is 20.1. The molecule has 2 aliphatic heterocycles. The average molecular weight is 581 g/mol. The Bertz CT molecular complexity index is 1660. The number of carboxylic acids is 2. The maximum Gasteiger partial charge on any atom is 0.355 e. The highest BCUT2D eigenvalue weighted by Crippen LogP contribution is 2.19.